The normalized spacial score (nSPS) is 17.2. The van der Waals surface area contributed by atoms with Crippen LogP contribution in [0.25, 0.3) is 5.95 Å². The van der Waals surface area contributed by atoms with Crippen LogP contribution in [-0.2, 0) is 9.59 Å². The maximum atomic E-state index is 14.3. The molecule has 1 saturated heterocycles. The number of aromatic nitrogens is 4. The molecule has 4 aromatic rings. The number of piperazine rings is 1. The highest BCUT2D eigenvalue weighted by atomic mass is 35.5. The van der Waals surface area contributed by atoms with Crippen LogP contribution in [0.3, 0.4) is 0 Å². The topological polar surface area (TPSA) is 136 Å². The number of imidazole rings is 1. The van der Waals surface area contributed by atoms with E-state index in [4.69, 9.17) is 26.1 Å². The van der Waals surface area contributed by atoms with Crippen LogP contribution in [0.15, 0.2) is 73.3 Å². The predicted octanol–water partition coefficient (Wildman–Crippen LogP) is 3.39. The Morgan fingerprint density at radius 3 is 2.60 bits per heavy atom. The number of nitrogens with one attached hydrogen (secondary N) is 3. The maximum Gasteiger partial charge on any atom is 0.252 e. The number of anilines is 2. The Morgan fingerprint density at radius 2 is 1.88 bits per heavy atom. The summed E-state index contributed by atoms with van der Waals surface area (Å²) in [5.74, 6) is 1.34. The number of ether oxygens (including phenoxy) is 2. The molecule has 2 atom stereocenters. The zero-order chi connectivity index (χ0) is 30.4. The van der Waals surface area contributed by atoms with Gasteiger partial charge in [0.1, 0.15) is 34.3 Å². The Bertz CT molecular complexity index is 1570. The van der Waals surface area contributed by atoms with Crippen molar-refractivity contribution < 1.29 is 19.1 Å². The van der Waals surface area contributed by atoms with Gasteiger partial charge in [0.15, 0.2) is 0 Å². The third kappa shape index (κ3) is 6.71. The molecule has 224 valence electrons. The highest BCUT2D eigenvalue weighted by Gasteiger charge is 2.48. The van der Waals surface area contributed by atoms with Gasteiger partial charge in [0.2, 0.25) is 11.9 Å². The van der Waals surface area contributed by atoms with Crippen molar-refractivity contribution in [2.45, 2.75) is 24.9 Å². The lowest BCUT2D eigenvalue weighted by Gasteiger charge is -2.46. The van der Waals surface area contributed by atoms with Gasteiger partial charge in [-0.25, -0.2) is 9.97 Å². The smallest absolute Gasteiger partial charge is 0.252 e. The first-order chi connectivity index (χ1) is 20.8. The quantitative estimate of drug-likeness (QED) is 0.233. The second-order valence-corrected chi connectivity index (χ2v) is 10.5. The Kier molecular flexibility index (Phi) is 9.07. The molecule has 0 aliphatic carbocycles. The molecule has 2 amide bonds. The molecular weight excluding hydrogens is 572 g/mol. The van der Waals surface area contributed by atoms with Gasteiger partial charge < -0.3 is 30.3 Å². The van der Waals surface area contributed by atoms with E-state index >= 15 is 0 Å². The van der Waals surface area contributed by atoms with E-state index in [2.05, 4.69) is 25.9 Å². The number of hydrogen-bond donors (Lipinski definition) is 3. The lowest BCUT2D eigenvalue weighted by atomic mass is 9.88. The molecule has 0 radical (unpaired) electrons. The minimum Gasteiger partial charge on any atom is -0.497 e. The van der Waals surface area contributed by atoms with Crippen LogP contribution >= 0.6 is 11.6 Å². The molecule has 5 rings (SSSR count). The van der Waals surface area contributed by atoms with Crippen LogP contribution in [-0.4, -0.2) is 70.7 Å². The number of hydrogen-bond acceptors (Lipinski definition) is 9. The number of benzene rings is 2. The SMILES string of the molecule is COc1ccc(NC(=O)C2(CC(=O)NC(C)c3cccc(OC)c3)CNCCN2c2cc(Cl)nc(-n3ccnc3)n2)cc1. The van der Waals surface area contributed by atoms with Crippen molar-refractivity contribution in [3.8, 4) is 17.4 Å². The third-order valence-electron chi connectivity index (χ3n) is 7.32. The summed E-state index contributed by atoms with van der Waals surface area (Å²) in [6.45, 7) is 3.00. The second-order valence-electron chi connectivity index (χ2n) is 10.1. The number of nitrogens with zero attached hydrogens (tertiary/aromatic N) is 5. The van der Waals surface area contributed by atoms with Crippen molar-refractivity contribution in [3.05, 3.63) is 84.0 Å². The predicted molar refractivity (Wildman–Crippen MR) is 163 cm³/mol. The average molecular weight is 605 g/mol. The summed E-state index contributed by atoms with van der Waals surface area (Å²) in [5.41, 5.74) is 0.0524. The maximum absolute atomic E-state index is 14.3. The summed E-state index contributed by atoms with van der Waals surface area (Å²) >= 11 is 6.46. The van der Waals surface area contributed by atoms with Crippen molar-refractivity contribution in [1.82, 2.24) is 30.2 Å². The van der Waals surface area contributed by atoms with Gasteiger partial charge in [-0.3, -0.25) is 14.2 Å². The van der Waals surface area contributed by atoms with E-state index in [-0.39, 0.29) is 36.0 Å². The molecule has 3 heterocycles. The molecule has 13 heteroatoms. The minimum atomic E-state index is -1.37. The van der Waals surface area contributed by atoms with Crippen molar-refractivity contribution in [1.29, 1.82) is 0 Å². The number of carbonyl (C=O) groups is 2. The highest BCUT2D eigenvalue weighted by molar-refractivity contribution is 6.29. The largest absolute Gasteiger partial charge is 0.497 e. The van der Waals surface area contributed by atoms with Crippen LogP contribution in [0.1, 0.15) is 24.9 Å². The summed E-state index contributed by atoms with van der Waals surface area (Å²) in [5, 5.41) is 9.56. The summed E-state index contributed by atoms with van der Waals surface area (Å²) < 4.78 is 12.2. The van der Waals surface area contributed by atoms with E-state index in [1.54, 1.807) is 67.8 Å². The Labute approximate surface area is 254 Å². The Morgan fingerprint density at radius 1 is 1.09 bits per heavy atom. The third-order valence-corrected chi connectivity index (χ3v) is 7.52. The molecular formula is C30H33ClN8O4. The molecule has 1 aliphatic rings. The molecule has 3 N–H and O–H groups in total. The first-order valence-corrected chi connectivity index (χ1v) is 14.1. The van der Waals surface area contributed by atoms with Crippen LogP contribution in [0, 0.1) is 0 Å². The van der Waals surface area contributed by atoms with Crippen molar-refractivity contribution in [2.75, 3.05) is 44.1 Å². The van der Waals surface area contributed by atoms with Gasteiger partial charge in [-0.05, 0) is 48.9 Å². The first-order valence-electron chi connectivity index (χ1n) is 13.7. The number of amides is 2. The molecule has 2 aromatic heterocycles. The highest BCUT2D eigenvalue weighted by Crippen LogP contribution is 2.32. The Hall–Kier alpha value is -4.68. The van der Waals surface area contributed by atoms with Crippen LogP contribution in [0.2, 0.25) is 5.15 Å². The number of methoxy groups -OCH3 is 2. The lowest BCUT2D eigenvalue weighted by molar-refractivity contribution is -0.129. The number of rotatable bonds is 10. The van der Waals surface area contributed by atoms with Gasteiger partial charge >= 0.3 is 0 Å². The summed E-state index contributed by atoms with van der Waals surface area (Å²) in [6, 6.07) is 15.7. The fraction of sp³-hybridized carbons (Fsp3) is 0.300. The number of carbonyl (C=O) groups excluding carboxylic acids is 2. The van der Waals surface area contributed by atoms with Crippen molar-refractivity contribution in [3.63, 3.8) is 0 Å². The van der Waals surface area contributed by atoms with Gasteiger partial charge in [0.25, 0.3) is 5.91 Å². The van der Waals surface area contributed by atoms with E-state index < -0.39 is 5.54 Å². The molecule has 0 spiro atoms. The van der Waals surface area contributed by atoms with Gasteiger partial charge in [-0.2, -0.15) is 4.98 Å². The van der Waals surface area contributed by atoms with Crippen molar-refractivity contribution >= 4 is 34.9 Å². The van der Waals surface area contributed by atoms with E-state index in [0.29, 0.717) is 42.0 Å². The zero-order valence-electron chi connectivity index (χ0n) is 24.1. The fourth-order valence-electron chi connectivity index (χ4n) is 5.07. The zero-order valence-corrected chi connectivity index (χ0v) is 24.8. The summed E-state index contributed by atoms with van der Waals surface area (Å²) in [7, 11) is 3.17. The fourth-order valence-corrected chi connectivity index (χ4v) is 5.24. The lowest BCUT2D eigenvalue weighted by Crippen LogP contribution is -2.68. The van der Waals surface area contributed by atoms with E-state index in [1.807, 2.05) is 36.1 Å². The molecule has 1 fully saturated rings. The van der Waals surface area contributed by atoms with Gasteiger partial charge in [0.05, 0.1) is 26.7 Å². The van der Waals surface area contributed by atoms with Crippen molar-refractivity contribution in [2.24, 2.45) is 0 Å². The monoisotopic (exact) mass is 604 g/mol. The van der Waals surface area contributed by atoms with Gasteiger partial charge in [0, 0.05) is 43.8 Å². The van der Waals surface area contributed by atoms with Gasteiger partial charge in [-0.1, -0.05) is 23.7 Å². The first kappa shape index (κ1) is 29.8. The molecule has 12 nitrogen and oxygen atoms in total. The van der Waals surface area contributed by atoms with E-state index in [9.17, 15) is 9.59 Å². The summed E-state index contributed by atoms with van der Waals surface area (Å²) in [6.07, 6.45) is 4.70. The molecule has 0 bridgehead atoms. The molecule has 1 aliphatic heterocycles. The summed E-state index contributed by atoms with van der Waals surface area (Å²) in [4.78, 5) is 43.0. The average Bonchev–Trinajstić information content (AvgIpc) is 3.57. The molecule has 0 saturated carbocycles. The Balaban J connectivity index is 1.50. The standard InChI is InChI=1S/C30H33ClN8O4/c1-20(21-5-4-6-24(15-21)43-3)34-27(40)17-30(28(41)35-22-7-9-23(42-2)10-8-22)18-32-12-14-39(30)26-16-25(31)36-29(37-26)38-13-11-33-19-38/h4-11,13,15-16,19-20,32H,12,14,17-18H2,1-3H3,(H,34,40)(H,35,41). The van der Waals surface area contributed by atoms with Crippen LogP contribution < -0.4 is 30.3 Å². The minimum absolute atomic E-state index is 0.168. The van der Waals surface area contributed by atoms with E-state index in [1.165, 1.54) is 0 Å². The number of halogens is 1. The van der Waals surface area contributed by atoms with E-state index in [0.717, 1.165) is 5.56 Å². The molecule has 2 aromatic carbocycles. The molecule has 2 unspecified atom stereocenters. The van der Waals surface area contributed by atoms with Crippen LogP contribution in [0.5, 0.6) is 11.5 Å². The second kappa shape index (κ2) is 13.1. The van der Waals surface area contributed by atoms with Crippen LogP contribution in [0.4, 0.5) is 11.5 Å². The van der Waals surface area contributed by atoms with Gasteiger partial charge in [-0.15, -0.1) is 0 Å². The molecule has 43 heavy (non-hydrogen) atoms.